The number of sulfonamides is 1. The predicted molar refractivity (Wildman–Crippen MR) is 58.8 cm³/mol. The standard InChI is InChI=1S/C10H13NO3S/c1-2-9-3-5-10(6-4-9)15(13,14)11-7-8-12/h2-6,11-12H,1,7-8H2. The predicted octanol–water partition coefficient (Wildman–Crippen LogP) is 0.600. The molecule has 15 heavy (non-hydrogen) atoms. The number of hydrogen-bond acceptors (Lipinski definition) is 3. The van der Waals surface area contributed by atoms with Crippen molar-refractivity contribution < 1.29 is 13.5 Å². The van der Waals surface area contributed by atoms with Gasteiger partial charge in [0, 0.05) is 6.54 Å². The van der Waals surface area contributed by atoms with Crippen LogP contribution >= 0.6 is 0 Å². The second-order valence-electron chi connectivity index (χ2n) is 2.89. The van der Waals surface area contributed by atoms with Crippen LogP contribution in [0.1, 0.15) is 5.56 Å². The lowest BCUT2D eigenvalue weighted by molar-refractivity contribution is 0.301. The fraction of sp³-hybridized carbons (Fsp3) is 0.200. The van der Waals surface area contributed by atoms with Gasteiger partial charge in [-0.15, -0.1) is 0 Å². The summed E-state index contributed by atoms with van der Waals surface area (Å²) in [6.07, 6.45) is 1.64. The van der Waals surface area contributed by atoms with Crippen LogP contribution in [0.2, 0.25) is 0 Å². The van der Waals surface area contributed by atoms with Crippen LogP contribution in [0.15, 0.2) is 35.7 Å². The first kappa shape index (κ1) is 11.9. The lowest BCUT2D eigenvalue weighted by Gasteiger charge is -2.05. The summed E-state index contributed by atoms with van der Waals surface area (Å²) in [4.78, 5) is 0.182. The Morgan fingerprint density at radius 2 is 1.93 bits per heavy atom. The molecule has 0 aliphatic carbocycles. The van der Waals surface area contributed by atoms with E-state index in [0.717, 1.165) is 5.56 Å². The first-order valence-corrected chi connectivity index (χ1v) is 5.91. The van der Waals surface area contributed by atoms with Crippen LogP contribution in [-0.4, -0.2) is 26.7 Å². The van der Waals surface area contributed by atoms with E-state index in [1.807, 2.05) is 0 Å². The molecule has 0 spiro atoms. The van der Waals surface area contributed by atoms with E-state index in [1.165, 1.54) is 12.1 Å². The minimum atomic E-state index is -3.49. The highest BCUT2D eigenvalue weighted by Crippen LogP contribution is 2.10. The molecular weight excluding hydrogens is 214 g/mol. The Hall–Kier alpha value is -1.17. The lowest BCUT2D eigenvalue weighted by Crippen LogP contribution is -2.26. The second-order valence-corrected chi connectivity index (χ2v) is 4.66. The maximum absolute atomic E-state index is 11.5. The molecule has 0 radical (unpaired) electrons. The summed E-state index contributed by atoms with van der Waals surface area (Å²) < 4.78 is 25.3. The Morgan fingerprint density at radius 3 is 2.40 bits per heavy atom. The third-order valence-electron chi connectivity index (χ3n) is 1.83. The van der Waals surface area contributed by atoms with Crippen molar-refractivity contribution in [2.45, 2.75) is 4.90 Å². The molecule has 1 rings (SSSR count). The number of hydrogen-bond donors (Lipinski definition) is 2. The second kappa shape index (κ2) is 5.06. The maximum atomic E-state index is 11.5. The van der Waals surface area contributed by atoms with Gasteiger partial charge in [0.2, 0.25) is 10.0 Å². The smallest absolute Gasteiger partial charge is 0.240 e. The Balaban J connectivity index is 2.90. The third-order valence-corrected chi connectivity index (χ3v) is 3.31. The van der Waals surface area contributed by atoms with Gasteiger partial charge in [-0.25, -0.2) is 13.1 Å². The fourth-order valence-corrected chi connectivity index (χ4v) is 2.07. The molecule has 1 aromatic carbocycles. The average Bonchev–Trinajstić information content (AvgIpc) is 2.26. The number of rotatable bonds is 5. The zero-order valence-electron chi connectivity index (χ0n) is 8.18. The van der Waals surface area contributed by atoms with Crippen molar-refractivity contribution in [1.82, 2.24) is 4.72 Å². The Kier molecular flexibility index (Phi) is 4.02. The largest absolute Gasteiger partial charge is 0.395 e. The minimum Gasteiger partial charge on any atom is -0.395 e. The van der Waals surface area contributed by atoms with E-state index in [1.54, 1.807) is 18.2 Å². The highest BCUT2D eigenvalue weighted by Gasteiger charge is 2.11. The summed E-state index contributed by atoms with van der Waals surface area (Å²) in [5, 5.41) is 8.52. The molecule has 82 valence electrons. The molecule has 0 saturated heterocycles. The summed E-state index contributed by atoms with van der Waals surface area (Å²) in [6, 6.07) is 6.33. The van der Waals surface area contributed by atoms with Gasteiger partial charge in [-0.1, -0.05) is 24.8 Å². The Bertz CT molecular complexity index is 422. The molecule has 5 heteroatoms. The van der Waals surface area contributed by atoms with Crippen molar-refractivity contribution in [2.24, 2.45) is 0 Å². The summed E-state index contributed by atoms with van der Waals surface area (Å²) in [5.41, 5.74) is 0.858. The van der Waals surface area contributed by atoms with Crippen molar-refractivity contribution >= 4 is 16.1 Å². The van der Waals surface area contributed by atoms with Crippen molar-refractivity contribution in [3.63, 3.8) is 0 Å². The average molecular weight is 227 g/mol. The molecule has 0 heterocycles. The SMILES string of the molecule is C=Cc1ccc(S(=O)(=O)NCCO)cc1. The van der Waals surface area contributed by atoms with E-state index in [2.05, 4.69) is 11.3 Å². The highest BCUT2D eigenvalue weighted by molar-refractivity contribution is 7.89. The van der Waals surface area contributed by atoms with Gasteiger partial charge in [-0.05, 0) is 17.7 Å². The molecule has 0 saturated carbocycles. The summed E-state index contributed by atoms with van der Waals surface area (Å²) in [5.74, 6) is 0. The molecule has 0 atom stereocenters. The van der Waals surface area contributed by atoms with Gasteiger partial charge >= 0.3 is 0 Å². The van der Waals surface area contributed by atoms with Crippen LogP contribution in [0.5, 0.6) is 0 Å². The molecule has 0 aliphatic heterocycles. The first-order chi connectivity index (χ1) is 7.10. The summed E-state index contributed by atoms with van der Waals surface area (Å²) >= 11 is 0. The monoisotopic (exact) mass is 227 g/mol. The van der Waals surface area contributed by atoms with Crippen molar-refractivity contribution in [1.29, 1.82) is 0 Å². The zero-order valence-corrected chi connectivity index (χ0v) is 9.00. The van der Waals surface area contributed by atoms with Crippen LogP contribution in [0.4, 0.5) is 0 Å². The van der Waals surface area contributed by atoms with Gasteiger partial charge in [0.15, 0.2) is 0 Å². The molecule has 2 N–H and O–H groups in total. The van der Waals surface area contributed by atoms with Crippen LogP contribution in [0, 0.1) is 0 Å². The van der Waals surface area contributed by atoms with E-state index in [4.69, 9.17) is 5.11 Å². The van der Waals surface area contributed by atoms with Gasteiger partial charge in [0.1, 0.15) is 0 Å². The highest BCUT2D eigenvalue weighted by atomic mass is 32.2. The zero-order chi connectivity index (χ0) is 11.3. The van der Waals surface area contributed by atoms with E-state index in [0.29, 0.717) is 0 Å². The van der Waals surface area contributed by atoms with Gasteiger partial charge in [-0.2, -0.15) is 0 Å². The first-order valence-electron chi connectivity index (χ1n) is 4.43. The van der Waals surface area contributed by atoms with E-state index in [9.17, 15) is 8.42 Å². The lowest BCUT2D eigenvalue weighted by atomic mass is 10.2. The summed E-state index contributed by atoms with van der Waals surface area (Å²) in [7, 11) is -3.49. The fourth-order valence-electron chi connectivity index (χ4n) is 1.05. The van der Waals surface area contributed by atoms with Gasteiger partial charge in [0.05, 0.1) is 11.5 Å². The number of aliphatic hydroxyl groups excluding tert-OH is 1. The third kappa shape index (κ3) is 3.16. The molecular formula is C10H13NO3S. The molecule has 4 nitrogen and oxygen atoms in total. The molecule has 1 aromatic rings. The molecule has 0 amide bonds. The van der Waals surface area contributed by atoms with E-state index < -0.39 is 10.0 Å². The molecule has 0 fully saturated rings. The van der Waals surface area contributed by atoms with Gasteiger partial charge < -0.3 is 5.11 Å². The quantitative estimate of drug-likeness (QED) is 0.774. The molecule has 0 aliphatic rings. The van der Waals surface area contributed by atoms with Gasteiger partial charge in [0.25, 0.3) is 0 Å². The van der Waals surface area contributed by atoms with Crippen molar-refractivity contribution in [2.75, 3.05) is 13.2 Å². The molecule has 0 unspecified atom stereocenters. The van der Waals surface area contributed by atoms with Gasteiger partial charge in [-0.3, -0.25) is 0 Å². The Morgan fingerprint density at radius 1 is 1.33 bits per heavy atom. The number of nitrogens with one attached hydrogen (secondary N) is 1. The normalized spacial score (nSPS) is 11.3. The van der Waals surface area contributed by atoms with Crippen LogP contribution in [-0.2, 0) is 10.0 Å². The van der Waals surface area contributed by atoms with Crippen molar-refractivity contribution in [3.8, 4) is 0 Å². The van der Waals surface area contributed by atoms with Crippen LogP contribution in [0.25, 0.3) is 6.08 Å². The van der Waals surface area contributed by atoms with Crippen LogP contribution < -0.4 is 4.72 Å². The van der Waals surface area contributed by atoms with Crippen molar-refractivity contribution in [3.05, 3.63) is 36.4 Å². The maximum Gasteiger partial charge on any atom is 0.240 e. The molecule has 0 aromatic heterocycles. The van der Waals surface area contributed by atoms with Crippen LogP contribution in [0.3, 0.4) is 0 Å². The van der Waals surface area contributed by atoms with E-state index in [-0.39, 0.29) is 18.0 Å². The topological polar surface area (TPSA) is 66.4 Å². The number of aliphatic hydroxyl groups is 1. The molecule has 0 bridgehead atoms. The Labute approximate surface area is 89.3 Å². The summed E-state index contributed by atoms with van der Waals surface area (Å²) in [6.45, 7) is 3.38. The minimum absolute atomic E-state index is 0.0194. The van der Waals surface area contributed by atoms with E-state index >= 15 is 0 Å². The number of benzene rings is 1.